The Balaban J connectivity index is 1.97. The van der Waals surface area contributed by atoms with Crippen LogP contribution in [0.3, 0.4) is 0 Å². The lowest BCUT2D eigenvalue weighted by atomic mass is 10.3. The molecule has 1 aromatic carbocycles. The molecule has 1 atom stereocenters. The summed E-state index contributed by atoms with van der Waals surface area (Å²) < 4.78 is 35.0. The Labute approximate surface area is 117 Å². The highest BCUT2D eigenvalue weighted by Gasteiger charge is 2.36. The second-order valence-corrected chi connectivity index (χ2v) is 5.43. The lowest BCUT2D eigenvalue weighted by Gasteiger charge is -2.23. The zero-order chi connectivity index (χ0) is 14.7. The number of thioether (sulfide) groups is 1. The minimum absolute atomic E-state index is 0.335. The second kappa shape index (κ2) is 6.08. The molecule has 0 aliphatic carbocycles. The van der Waals surface area contributed by atoms with Crippen molar-refractivity contribution in [2.75, 3.05) is 12.1 Å². The van der Waals surface area contributed by atoms with Gasteiger partial charge in [-0.25, -0.2) is 8.78 Å². The van der Waals surface area contributed by atoms with E-state index in [-0.39, 0.29) is 6.79 Å². The van der Waals surface area contributed by atoms with Gasteiger partial charge in [-0.1, -0.05) is 0 Å². The van der Waals surface area contributed by atoms with Crippen LogP contribution < -0.4 is 5.32 Å². The number of benzene rings is 1. The number of hydrogen-bond acceptors (Lipinski definition) is 6. The standard InChI is InChI=1S/C12H11F2NO4S/c1-6(15-7-2-3-8(13)9(14)4-7)20-10-11(16)18-5-19-12(10)17/h2-4,6,10,15H,5H2,1H3. The Kier molecular flexibility index (Phi) is 4.43. The number of hydrogen-bond donors (Lipinski definition) is 1. The van der Waals surface area contributed by atoms with Gasteiger partial charge in [0.1, 0.15) is 0 Å². The summed E-state index contributed by atoms with van der Waals surface area (Å²) >= 11 is 0.965. The lowest BCUT2D eigenvalue weighted by molar-refractivity contribution is -0.180. The predicted molar refractivity (Wildman–Crippen MR) is 67.9 cm³/mol. The second-order valence-electron chi connectivity index (χ2n) is 3.98. The summed E-state index contributed by atoms with van der Waals surface area (Å²) in [5.41, 5.74) is 0.335. The normalized spacial score (nSPS) is 17.4. The van der Waals surface area contributed by atoms with Gasteiger partial charge in [0, 0.05) is 11.8 Å². The molecule has 1 heterocycles. The Bertz CT molecular complexity index is 524. The van der Waals surface area contributed by atoms with Crippen LogP contribution in [-0.2, 0) is 19.1 Å². The third-order valence-corrected chi connectivity index (χ3v) is 3.64. The van der Waals surface area contributed by atoms with Gasteiger partial charge in [-0.3, -0.25) is 9.59 Å². The van der Waals surface area contributed by atoms with Crippen molar-refractivity contribution in [3.63, 3.8) is 0 Å². The third kappa shape index (κ3) is 3.38. The fourth-order valence-corrected chi connectivity index (χ4v) is 2.53. The summed E-state index contributed by atoms with van der Waals surface area (Å²) in [6.45, 7) is 1.29. The average molecular weight is 303 g/mol. The first kappa shape index (κ1) is 14.6. The predicted octanol–water partition coefficient (Wildman–Crippen LogP) is 1.88. The number of anilines is 1. The van der Waals surface area contributed by atoms with Gasteiger partial charge in [0.25, 0.3) is 0 Å². The minimum Gasteiger partial charge on any atom is -0.427 e. The van der Waals surface area contributed by atoms with Crippen LogP contribution in [0.15, 0.2) is 18.2 Å². The number of cyclic esters (lactones) is 2. The van der Waals surface area contributed by atoms with Gasteiger partial charge in [-0.05, 0) is 19.1 Å². The summed E-state index contributed by atoms with van der Waals surface area (Å²) in [6, 6.07) is 3.33. The van der Waals surface area contributed by atoms with Gasteiger partial charge >= 0.3 is 11.9 Å². The van der Waals surface area contributed by atoms with Crippen LogP contribution in [-0.4, -0.2) is 29.4 Å². The van der Waals surface area contributed by atoms with E-state index in [1.54, 1.807) is 6.92 Å². The zero-order valence-corrected chi connectivity index (χ0v) is 11.2. The van der Waals surface area contributed by atoms with Gasteiger partial charge in [-0.2, -0.15) is 0 Å². The molecule has 1 aliphatic rings. The number of carbonyl (C=O) groups excluding carboxylic acids is 2. The number of carbonyl (C=O) groups is 2. The van der Waals surface area contributed by atoms with Gasteiger partial charge in [0.2, 0.25) is 12.0 Å². The first-order valence-corrected chi connectivity index (χ1v) is 6.62. The summed E-state index contributed by atoms with van der Waals surface area (Å²) in [7, 11) is 0. The fourth-order valence-electron chi connectivity index (χ4n) is 1.56. The van der Waals surface area contributed by atoms with E-state index in [1.165, 1.54) is 6.07 Å². The minimum atomic E-state index is -1.09. The molecule has 5 nitrogen and oxygen atoms in total. The summed E-state index contributed by atoms with van der Waals surface area (Å²) in [6.07, 6.45) is 0. The molecule has 0 saturated carbocycles. The molecule has 1 N–H and O–H groups in total. The lowest BCUT2D eigenvalue weighted by Crippen LogP contribution is -2.39. The van der Waals surface area contributed by atoms with Gasteiger partial charge in [0.05, 0.1) is 5.37 Å². The van der Waals surface area contributed by atoms with Crippen LogP contribution in [0, 0.1) is 11.6 Å². The molecule has 0 amide bonds. The van der Waals surface area contributed by atoms with Gasteiger partial charge < -0.3 is 14.8 Å². The van der Waals surface area contributed by atoms with E-state index in [1.807, 2.05) is 0 Å². The summed E-state index contributed by atoms with van der Waals surface area (Å²) in [5.74, 6) is -3.28. The molecule has 2 rings (SSSR count). The first-order valence-electron chi connectivity index (χ1n) is 5.67. The van der Waals surface area contributed by atoms with Crippen molar-refractivity contribution in [3.05, 3.63) is 29.8 Å². The molecular weight excluding hydrogens is 292 g/mol. The Morgan fingerprint density at radius 2 is 1.90 bits per heavy atom. The molecule has 1 unspecified atom stereocenters. The number of ether oxygens (including phenoxy) is 2. The van der Waals surface area contributed by atoms with E-state index in [0.29, 0.717) is 5.69 Å². The zero-order valence-electron chi connectivity index (χ0n) is 10.4. The van der Waals surface area contributed by atoms with Crippen molar-refractivity contribution in [2.45, 2.75) is 17.5 Å². The maximum Gasteiger partial charge on any atom is 0.333 e. The van der Waals surface area contributed by atoms with E-state index < -0.39 is 34.2 Å². The quantitative estimate of drug-likeness (QED) is 0.520. The van der Waals surface area contributed by atoms with E-state index in [0.717, 1.165) is 23.9 Å². The molecule has 8 heteroatoms. The molecule has 1 aromatic rings. The van der Waals surface area contributed by atoms with Crippen molar-refractivity contribution in [1.29, 1.82) is 0 Å². The number of nitrogens with one attached hydrogen (secondary N) is 1. The molecule has 1 saturated heterocycles. The van der Waals surface area contributed by atoms with Crippen molar-refractivity contribution >= 4 is 29.4 Å². The molecule has 108 valence electrons. The summed E-state index contributed by atoms with van der Waals surface area (Å²) in [4.78, 5) is 22.8. The van der Waals surface area contributed by atoms with Crippen molar-refractivity contribution < 1.29 is 27.8 Å². The average Bonchev–Trinajstić information content (AvgIpc) is 2.38. The number of esters is 2. The number of halogens is 2. The van der Waals surface area contributed by atoms with E-state index in [4.69, 9.17) is 0 Å². The monoisotopic (exact) mass is 303 g/mol. The highest BCUT2D eigenvalue weighted by Crippen LogP contribution is 2.24. The Morgan fingerprint density at radius 3 is 2.50 bits per heavy atom. The maximum absolute atomic E-state index is 13.0. The smallest absolute Gasteiger partial charge is 0.333 e. The van der Waals surface area contributed by atoms with Crippen LogP contribution in [0.25, 0.3) is 0 Å². The van der Waals surface area contributed by atoms with Crippen LogP contribution in [0.2, 0.25) is 0 Å². The van der Waals surface area contributed by atoms with Crippen molar-refractivity contribution in [2.24, 2.45) is 0 Å². The number of rotatable bonds is 4. The molecule has 0 radical (unpaired) electrons. The van der Waals surface area contributed by atoms with Gasteiger partial charge in [0.15, 0.2) is 11.6 Å². The summed E-state index contributed by atoms with van der Waals surface area (Å²) in [5, 5.41) is 1.34. The molecule has 1 fully saturated rings. The SMILES string of the molecule is CC(Nc1ccc(F)c(F)c1)SC1C(=O)OCOC1=O. The third-order valence-electron chi connectivity index (χ3n) is 2.46. The molecular formula is C12H11F2NO4S. The van der Waals surface area contributed by atoms with E-state index >= 15 is 0 Å². The highest BCUT2D eigenvalue weighted by molar-refractivity contribution is 8.02. The van der Waals surface area contributed by atoms with Crippen molar-refractivity contribution in [3.8, 4) is 0 Å². The van der Waals surface area contributed by atoms with E-state index in [2.05, 4.69) is 14.8 Å². The first-order chi connectivity index (χ1) is 9.47. The largest absolute Gasteiger partial charge is 0.427 e. The van der Waals surface area contributed by atoms with E-state index in [9.17, 15) is 18.4 Å². The fraction of sp³-hybridized carbons (Fsp3) is 0.333. The van der Waals surface area contributed by atoms with Crippen LogP contribution in [0.5, 0.6) is 0 Å². The van der Waals surface area contributed by atoms with Crippen LogP contribution >= 0.6 is 11.8 Å². The molecule has 20 heavy (non-hydrogen) atoms. The topological polar surface area (TPSA) is 64.6 Å². The molecule has 1 aliphatic heterocycles. The van der Waals surface area contributed by atoms with Crippen LogP contribution in [0.1, 0.15) is 6.92 Å². The highest BCUT2D eigenvalue weighted by atomic mass is 32.2. The van der Waals surface area contributed by atoms with Crippen LogP contribution in [0.4, 0.5) is 14.5 Å². The molecule has 0 bridgehead atoms. The van der Waals surface area contributed by atoms with Gasteiger partial charge in [-0.15, -0.1) is 11.8 Å². The Morgan fingerprint density at radius 1 is 1.25 bits per heavy atom. The maximum atomic E-state index is 13.0. The Hall–Kier alpha value is -1.83. The van der Waals surface area contributed by atoms with Crippen molar-refractivity contribution in [1.82, 2.24) is 0 Å². The molecule has 0 spiro atoms. The molecule has 0 aromatic heterocycles.